The second-order valence-electron chi connectivity index (χ2n) is 2.54. The molecule has 1 aliphatic heterocycles. The van der Waals surface area contributed by atoms with Crippen molar-refractivity contribution in [1.82, 2.24) is 10.2 Å². The van der Waals surface area contributed by atoms with Gasteiger partial charge in [-0.1, -0.05) is 0 Å². The third kappa shape index (κ3) is 2.20. The zero-order valence-electron chi connectivity index (χ0n) is 7.00. The van der Waals surface area contributed by atoms with Gasteiger partial charge in [0.2, 0.25) is 11.8 Å². The summed E-state index contributed by atoms with van der Waals surface area (Å²) < 4.78 is 4.90. The van der Waals surface area contributed by atoms with Crippen molar-refractivity contribution < 1.29 is 14.3 Å². The third-order valence-electron chi connectivity index (χ3n) is 1.70. The average Bonchev–Trinajstić information content (AvgIpc) is 2.09. The van der Waals surface area contributed by atoms with E-state index in [1.54, 1.807) is 7.05 Å². The highest BCUT2D eigenvalue weighted by molar-refractivity contribution is 5.85. The van der Waals surface area contributed by atoms with Gasteiger partial charge in [-0.3, -0.25) is 9.59 Å². The molecule has 1 aliphatic rings. The van der Waals surface area contributed by atoms with Gasteiger partial charge in [0, 0.05) is 13.6 Å². The molecule has 68 valence electrons. The molecular formula is C7H12N2O3. The molecule has 5 nitrogen and oxygen atoms in total. The lowest BCUT2D eigenvalue weighted by molar-refractivity contribution is -0.145. The molecule has 0 saturated carbocycles. The van der Waals surface area contributed by atoms with E-state index in [-0.39, 0.29) is 25.0 Å². The summed E-state index contributed by atoms with van der Waals surface area (Å²) in [6, 6.07) is 0. The highest BCUT2D eigenvalue weighted by Gasteiger charge is 2.19. The minimum atomic E-state index is -0.148. The van der Waals surface area contributed by atoms with E-state index in [9.17, 15) is 9.59 Å². The number of carbonyl (C=O) groups excluding carboxylic acids is 2. The normalized spacial score (nSPS) is 17.8. The molecule has 1 fully saturated rings. The summed E-state index contributed by atoms with van der Waals surface area (Å²) in [6.07, 6.45) is 0. The fourth-order valence-electron chi connectivity index (χ4n) is 0.970. The van der Waals surface area contributed by atoms with Gasteiger partial charge in [-0.15, -0.1) is 0 Å². The summed E-state index contributed by atoms with van der Waals surface area (Å²) in [5, 5.41) is 2.46. The summed E-state index contributed by atoms with van der Waals surface area (Å²) in [5.74, 6) is -0.268. The van der Waals surface area contributed by atoms with Crippen molar-refractivity contribution in [3.63, 3.8) is 0 Å². The van der Waals surface area contributed by atoms with Crippen LogP contribution in [-0.2, 0) is 14.3 Å². The highest BCUT2D eigenvalue weighted by Crippen LogP contribution is 1.97. The van der Waals surface area contributed by atoms with Crippen molar-refractivity contribution in [2.24, 2.45) is 0 Å². The minimum absolute atomic E-state index is 0.0942. The zero-order valence-corrected chi connectivity index (χ0v) is 7.00. The van der Waals surface area contributed by atoms with Crippen LogP contribution in [0.2, 0.25) is 0 Å². The summed E-state index contributed by atoms with van der Waals surface area (Å²) in [4.78, 5) is 23.4. The Balaban J connectivity index is 2.39. The van der Waals surface area contributed by atoms with Crippen LogP contribution in [0.4, 0.5) is 0 Å². The number of nitrogens with one attached hydrogen (secondary N) is 1. The number of ether oxygens (including phenoxy) is 1. The van der Waals surface area contributed by atoms with Gasteiger partial charge >= 0.3 is 0 Å². The van der Waals surface area contributed by atoms with E-state index in [1.807, 2.05) is 0 Å². The fraction of sp³-hybridized carbons (Fsp3) is 0.714. The topological polar surface area (TPSA) is 58.6 Å². The van der Waals surface area contributed by atoms with Crippen molar-refractivity contribution in [2.45, 2.75) is 0 Å². The number of amides is 2. The molecule has 2 amide bonds. The second-order valence-corrected chi connectivity index (χ2v) is 2.54. The molecule has 1 rings (SSSR count). The van der Waals surface area contributed by atoms with Crippen LogP contribution < -0.4 is 5.32 Å². The Morgan fingerprint density at radius 3 is 3.08 bits per heavy atom. The molecule has 0 unspecified atom stereocenters. The van der Waals surface area contributed by atoms with Crippen molar-refractivity contribution in [3.05, 3.63) is 0 Å². The molecule has 12 heavy (non-hydrogen) atoms. The lowest BCUT2D eigenvalue weighted by Crippen LogP contribution is -2.46. The van der Waals surface area contributed by atoms with E-state index in [0.717, 1.165) is 0 Å². The van der Waals surface area contributed by atoms with E-state index in [2.05, 4.69) is 5.32 Å². The van der Waals surface area contributed by atoms with Crippen molar-refractivity contribution in [1.29, 1.82) is 0 Å². The van der Waals surface area contributed by atoms with Crippen LogP contribution in [0.25, 0.3) is 0 Å². The van der Waals surface area contributed by atoms with Gasteiger partial charge in [0.1, 0.15) is 6.61 Å². The van der Waals surface area contributed by atoms with Gasteiger partial charge in [-0.25, -0.2) is 0 Å². The standard InChI is InChI=1S/C7H12N2O3/c1-8-6(10)4-9-2-3-12-5-7(9)11/h2-5H2,1H3,(H,8,10). The van der Waals surface area contributed by atoms with Crippen LogP contribution in [0.3, 0.4) is 0 Å². The van der Waals surface area contributed by atoms with Gasteiger partial charge in [0.15, 0.2) is 0 Å². The minimum Gasteiger partial charge on any atom is -0.370 e. The lowest BCUT2D eigenvalue weighted by atomic mass is 10.4. The Morgan fingerprint density at radius 2 is 2.50 bits per heavy atom. The van der Waals surface area contributed by atoms with Crippen LogP contribution in [-0.4, -0.2) is 50.1 Å². The van der Waals surface area contributed by atoms with Crippen LogP contribution in [0.5, 0.6) is 0 Å². The average molecular weight is 172 g/mol. The number of nitrogens with zero attached hydrogens (tertiary/aromatic N) is 1. The van der Waals surface area contributed by atoms with Crippen LogP contribution in [0.15, 0.2) is 0 Å². The Kier molecular flexibility index (Phi) is 3.04. The molecule has 1 saturated heterocycles. The maximum atomic E-state index is 11.1. The van der Waals surface area contributed by atoms with Gasteiger partial charge in [-0.05, 0) is 0 Å². The molecule has 1 N–H and O–H groups in total. The lowest BCUT2D eigenvalue weighted by Gasteiger charge is -2.25. The van der Waals surface area contributed by atoms with E-state index < -0.39 is 0 Å². The molecule has 0 radical (unpaired) electrons. The summed E-state index contributed by atoms with van der Waals surface area (Å²) in [6.45, 7) is 1.25. The van der Waals surface area contributed by atoms with Crippen molar-refractivity contribution in [3.8, 4) is 0 Å². The predicted octanol–water partition coefficient (Wildman–Crippen LogP) is -1.41. The maximum Gasteiger partial charge on any atom is 0.249 e. The Bertz CT molecular complexity index is 193. The van der Waals surface area contributed by atoms with Crippen LogP contribution in [0, 0.1) is 0 Å². The largest absolute Gasteiger partial charge is 0.370 e. The quantitative estimate of drug-likeness (QED) is 0.557. The van der Waals surface area contributed by atoms with Gasteiger partial charge in [0.25, 0.3) is 0 Å². The zero-order chi connectivity index (χ0) is 8.97. The molecule has 0 atom stereocenters. The number of morpholine rings is 1. The van der Waals surface area contributed by atoms with E-state index in [0.29, 0.717) is 13.2 Å². The Labute approximate surface area is 70.7 Å². The molecular weight excluding hydrogens is 160 g/mol. The first kappa shape index (κ1) is 8.99. The molecule has 0 bridgehead atoms. The molecule has 0 aromatic rings. The molecule has 0 aliphatic carbocycles. The van der Waals surface area contributed by atoms with Crippen LogP contribution >= 0.6 is 0 Å². The number of carbonyl (C=O) groups is 2. The van der Waals surface area contributed by atoms with E-state index >= 15 is 0 Å². The summed E-state index contributed by atoms with van der Waals surface area (Å²) in [7, 11) is 1.55. The van der Waals surface area contributed by atoms with Gasteiger partial charge < -0.3 is 15.0 Å². The first-order valence-corrected chi connectivity index (χ1v) is 3.80. The number of rotatable bonds is 2. The molecule has 0 spiro atoms. The fourth-order valence-corrected chi connectivity index (χ4v) is 0.970. The molecule has 5 heteroatoms. The Morgan fingerprint density at radius 1 is 1.75 bits per heavy atom. The number of hydrogen-bond acceptors (Lipinski definition) is 3. The van der Waals surface area contributed by atoms with Crippen molar-refractivity contribution >= 4 is 11.8 Å². The number of likely N-dealkylation sites (N-methyl/N-ethyl adjacent to an activating group) is 1. The Hall–Kier alpha value is -1.10. The predicted molar refractivity (Wildman–Crippen MR) is 41.5 cm³/mol. The van der Waals surface area contributed by atoms with Gasteiger partial charge in [0.05, 0.1) is 13.2 Å². The van der Waals surface area contributed by atoms with Crippen LogP contribution in [0.1, 0.15) is 0 Å². The summed E-state index contributed by atoms with van der Waals surface area (Å²) in [5.41, 5.74) is 0. The third-order valence-corrected chi connectivity index (χ3v) is 1.70. The van der Waals surface area contributed by atoms with E-state index in [4.69, 9.17) is 4.74 Å². The van der Waals surface area contributed by atoms with Gasteiger partial charge in [-0.2, -0.15) is 0 Å². The smallest absolute Gasteiger partial charge is 0.249 e. The molecule has 1 heterocycles. The second kappa shape index (κ2) is 4.06. The SMILES string of the molecule is CNC(=O)CN1CCOCC1=O. The van der Waals surface area contributed by atoms with Crippen molar-refractivity contribution in [2.75, 3.05) is 33.4 Å². The summed E-state index contributed by atoms with van der Waals surface area (Å²) >= 11 is 0. The number of hydrogen-bond donors (Lipinski definition) is 1. The maximum absolute atomic E-state index is 11.1. The highest BCUT2D eigenvalue weighted by atomic mass is 16.5. The first-order valence-electron chi connectivity index (χ1n) is 3.80. The monoisotopic (exact) mass is 172 g/mol. The first-order chi connectivity index (χ1) is 5.74. The molecule has 0 aromatic carbocycles. The van der Waals surface area contributed by atoms with E-state index in [1.165, 1.54) is 4.90 Å². The molecule has 0 aromatic heterocycles.